The summed E-state index contributed by atoms with van der Waals surface area (Å²) in [6.07, 6.45) is 4.92. The van der Waals surface area contributed by atoms with E-state index in [2.05, 4.69) is 45.9 Å². The van der Waals surface area contributed by atoms with Gasteiger partial charge in [0.25, 0.3) is 0 Å². The Labute approximate surface area is 105 Å². The summed E-state index contributed by atoms with van der Waals surface area (Å²) in [6, 6.07) is 6.68. The molecule has 1 unspecified atom stereocenters. The number of nitrogens with two attached hydrogens (primary N) is 1. The van der Waals surface area contributed by atoms with Crippen LogP contribution in [-0.2, 0) is 5.54 Å². The molecule has 1 aromatic carbocycles. The van der Waals surface area contributed by atoms with Crippen molar-refractivity contribution in [1.29, 1.82) is 0 Å². The van der Waals surface area contributed by atoms with E-state index in [0.29, 0.717) is 0 Å². The SMILES string of the molecule is Cc1ccc(C)c(C2(N)CCCCC2(C)C)c1. The second kappa shape index (κ2) is 4.13. The van der Waals surface area contributed by atoms with Crippen LogP contribution in [0.3, 0.4) is 0 Å². The molecule has 1 aliphatic rings. The Hall–Kier alpha value is -0.820. The van der Waals surface area contributed by atoms with Crippen LogP contribution in [-0.4, -0.2) is 0 Å². The van der Waals surface area contributed by atoms with Crippen LogP contribution in [0.1, 0.15) is 56.2 Å². The van der Waals surface area contributed by atoms with Crippen LogP contribution in [0.25, 0.3) is 0 Å². The van der Waals surface area contributed by atoms with Gasteiger partial charge in [-0.3, -0.25) is 0 Å². The first-order valence-electron chi connectivity index (χ1n) is 6.73. The average molecular weight is 231 g/mol. The Bertz CT molecular complexity index is 420. The van der Waals surface area contributed by atoms with Gasteiger partial charge in [0.15, 0.2) is 0 Å². The van der Waals surface area contributed by atoms with Crippen LogP contribution >= 0.6 is 0 Å². The van der Waals surface area contributed by atoms with E-state index < -0.39 is 0 Å². The monoisotopic (exact) mass is 231 g/mol. The van der Waals surface area contributed by atoms with Crippen molar-refractivity contribution in [3.8, 4) is 0 Å². The fourth-order valence-electron chi connectivity index (χ4n) is 3.25. The van der Waals surface area contributed by atoms with Crippen LogP contribution in [0.5, 0.6) is 0 Å². The van der Waals surface area contributed by atoms with Gasteiger partial charge in [-0.25, -0.2) is 0 Å². The quantitative estimate of drug-likeness (QED) is 0.775. The zero-order chi connectivity index (χ0) is 12.7. The maximum absolute atomic E-state index is 6.83. The summed E-state index contributed by atoms with van der Waals surface area (Å²) in [5.74, 6) is 0. The van der Waals surface area contributed by atoms with Gasteiger partial charge < -0.3 is 5.73 Å². The maximum Gasteiger partial charge on any atom is 0.0464 e. The van der Waals surface area contributed by atoms with Crippen molar-refractivity contribution in [3.05, 3.63) is 34.9 Å². The van der Waals surface area contributed by atoms with E-state index in [4.69, 9.17) is 5.73 Å². The molecule has 0 heterocycles. The van der Waals surface area contributed by atoms with Crippen LogP contribution < -0.4 is 5.73 Å². The second-order valence-corrected chi connectivity index (χ2v) is 6.38. The molecule has 1 aliphatic carbocycles. The van der Waals surface area contributed by atoms with Crippen molar-refractivity contribution >= 4 is 0 Å². The van der Waals surface area contributed by atoms with Gasteiger partial charge in [-0.1, -0.05) is 50.5 Å². The molecule has 1 aromatic rings. The molecular formula is C16H25N. The predicted molar refractivity (Wildman–Crippen MR) is 74.0 cm³/mol. The normalized spacial score (nSPS) is 28.1. The number of benzene rings is 1. The van der Waals surface area contributed by atoms with E-state index in [1.807, 2.05) is 0 Å². The van der Waals surface area contributed by atoms with E-state index in [1.165, 1.54) is 36.0 Å². The van der Waals surface area contributed by atoms with Crippen LogP contribution in [0.15, 0.2) is 18.2 Å². The lowest BCUT2D eigenvalue weighted by Crippen LogP contribution is -2.52. The Balaban J connectivity index is 2.52. The lowest BCUT2D eigenvalue weighted by molar-refractivity contribution is 0.0972. The van der Waals surface area contributed by atoms with Gasteiger partial charge in [0, 0.05) is 5.54 Å². The number of rotatable bonds is 1. The molecular weight excluding hydrogens is 206 g/mol. The molecule has 0 radical (unpaired) electrons. The van der Waals surface area contributed by atoms with Gasteiger partial charge in [0.1, 0.15) is 0 Å². The fraction of sp³-hybridized carbons (Fsp3) is 0.625. The highest BCUT2D eigenvalue weighted by Gasteiger charge is 2.45. The Kier molecular flexibility index (Phi) is 3.07. The van der Waals surface area contributed by atoms with Gasteiger partial charge >= 0.3 is 0 Å². The molecule has 0 aliphatic heterocycles. The highest BCUT2D eigenvalue weighted by molar-refractivity contribution is 5.38. The van der Waals surface area contributed by atoms with Crippen LogP contribution in [0.2, 0.25) is 0 Å². The zero-order valence-corrected chi connectivity index (χ0v) is 11.6. The third-order valence-corrected chi connectivity index (χ3v) is 4.70. The molecule has 2 N–H and O–H groups in total. The molecule has 0 bridgehead atoms. The molecule has 17 heavy (non-hydrogen) atoms. The third kappa shape index (κ3) is 2.01. The van der Waals surface area contributed by atoms with Crippen molar-refractivity contribution in [2.24, 2.45) is 11.1 Å². The Morgan fingerprint density at radius 2 is 1.71 bits per heavy atom. The van der Waals surface area contributed by atoms with E-state index in [1.54, 1.807) is 0 Å². The lowest BCUT2D eigenvalue weighted by atomic mass is 9.60. The van der Waals surface area contributed by atoms with Crippen molar-refractivity contribution in [2.75, 3.05) is 0 Å². The first kappa shape index (κ1) is 12.6. The molecule has 0 saturated heterocycles. The Morgan fingerprint density at radius 1 is 1.06 bits per heavy atom. The summed E-state index contributed by atoms with van der Waals surface area (Å²) in [5, 5.41) is 0. The topological polar surface area (TPSA) is 26.0 Å². The van der Waals surface area contributed by atoms with Crippen molar-refractivity contribution in [3.63, 3.8) is 0 Å². The van der Waals surface area contributed by atoms with Crippen LogP contribution in [0.4, 0.5) is 0 Å². The van der Waals surface area contributed by atoms with Gasteiger partial charge in [-0.2, -0.15) is 0 Å². The van der Waals surface area contributed by atoms with E-state index in [-0.39, 0.29) is 11.0 Å². The highest BCUT2D eigenvalue weighted by atomic mass is 14.8. The fourth-order valence-corrected chi connectivity index (χ4v) is 3.25. The highest BCUT2D eigenvalue weighted by Crippen LogP contribution is 2.49. The summed E-state index contributed by atoms with van der Waals surface area (Å²) in [4.78, 5) is 0. The molecule has 0 amide bonds. The molecule has 1 heteroatoms. The standard InChI is InChI=1S/C16H25N/c1-12-7-8-13(2)14(11-12)16(17)10-6-5-9-15(16,3)4/h7-8,11H,5-6,9-10,17H2,1-4H3. The summed E-state index contributed by atoms with van der Waals surface area (Å²) >= 11 is 0. The van der Waals surface area contributed by atoms with Gasteiger partial charge in [0.2, 0.25) is 0 Å². The molecule has 2 rings (SSSR count). The molecule has 1 nitrogen and oxygen atoms in total. The maximum atomic E-state index is 6.83. The van der Waals surface area contributed by atoms with Crippen molar-refractivity contribution in [2.45, 2.75) is 58.9 Å². The Morgan fingerprint density at radius 3 is 2.35 bits per heavy atom. The predicted octanol–water partition coefficient (Wildman–Crippen LogP) is 4.06. The van der Waals surface area contributed by atoms with Crippen molar-refractivity contribution < 1.29 is 0 Å². The minimum absolute atomic E-state index is 0.151. The molecule has 0 spiro atoms. The molecule has 1 fully saturated rings. The smallest absolute Gasteiger partial charge is 0.0464 e. The first-order chi connectivity index (χ1) is 7.87. The van der Waals surface area contributed by atoms with Crippen LogP contribution in [0, 0.1) is 19.3 Å². The summed E-state index contributed by atoms with van der Waals surface area (Å²) < 4.78 is 0. The van der Waals surface area contributed by atoms with E-state index >= 15 is 0 Å². The third-order valence-electron chi connectivity index (χ3n) is 4.70. The van der Waals surface area contributed by atoms with Gasteiger partial charge in [0.05, 0.1) is 0 Å². The average Bonchev–Trinajstić information content (AvgIpc) is 2.26. The zero-order valence-electron chi connectivity index (χ0n) is 11.6. The molecule has 1 atom stereocenters. The second-order valence-electron chi connectivity index (χ2n) is 6.38. The van der Waals surface area contributed by atoms with Crippen molar-refractivity contribution in [1.82, 2.24) is 0 Å². The first-order valence-corrected chi connectivity index (χ1v) is 6.73. The largest absolute Gasteiger partial charge is 0.321 e. The minimum atomic E-state index is -0.151. The lowest BCUT2D eigenvalue weighted by Gasteiger charge is -2.49. The molecule has 94 valence electrons. The van der Waals surface area contributed by atoms with Gasteiger partial charge in [-0.15, -0.1) is 0 Å². The summed E-state index contributed by atoms with van der Waals surface area (Å²) in [6.45, 7) is 9.00. The molecule has 0 aromatic heterocycles. The molecule has 1 saturated carbocycles. The summed E-state index contributed by atoms with van der Waals surface area (Å²) in [7, 11) is 0. The van der Waals surface area contributed by atoms with Gasteiger partial charge in [-0.05, 0) is 43.2 Å². The minimum Gasteiger partial charge on any atom is -0.321 e. The number of hydrogen-bond acceptors (Lipinski definition) is 1. The van der Waals surface area contributed by atoms with E-state index in [0.717, 1.165) is 6.42 Å². The van der Waals surface area contributed by atoms with E-state index in [9.17, 15) is 0 Å². The number of aryl methyl sites for hydroxylation is 2. The number of hydrogen-bond donors (Lipinski definition) is 1. The summed E-state index contributed by atoms with van der Waals surface area (Å²) in [5.41, 5.74) is 10.9.